The quantitative estimate of drug-likeness (QED) is 0.527. The third kappa shape index (κ3) is 1.25. The molecule has 0 fully saturated rings. The van der Waals surface area contributed by atoms with E-state index in [-0.39, 0.29) is 0 Å². The molecule has 1 nitrogen and oxygen atoms in total. The van der Waals surface area contributed by atoms with Gasteiger partial charge in [0.15, 0.2) is 0 Å². The summed E-state index contributed by atoms with van der Waals surface area (Å²) in [5.41, 5.74) is 0. The fourth-order valence-electron chi connectivity index (χ4n) is 0.737. The number of aliphatic imine (C=N–C) groups is 1. The van der Waals surface area contributed by atoms with Gasteiger partial charge in [0.05, 0.1) is 5.37 Å². The lowest BCUT2D eigenvalue weighted by Gasteiger charge is -2.00. The first-order chi connectivity index (χ1) is 3.83. The van der Waals surface area contributed by atoms with E-state index < -0.39 is 0 Å². The summed E-state index contributed by atoms with van der Waals surface area (Å²) in [4.78, 5) is 4.27. The fraction of sp³-hybridized carbons (Fsp3) is 0.833. The Kier molecular flexibility index (Phi) is 1.95. The molecular formula is C6H11NS. The normalized spacial score (nSPS) is 36.2. The van der Waals surface area contributed by atoms with Crippen LogP contribution in [0.15, 0.2) is 4.99 Å². The molecule has 1 aliphatic heterocycles. The van der Waals surface area contributed by atoms with E-state index in [0.29, 0.717) is 10.6 Å². The van der Waals surface area contributed by atoms with Crippen molar-refractivity contribution in [2.45, 2.75) is 30.9 Å². The first-order valence-corrected chi connectivity index (χ1v) is 3.96. The number of rotatable bonds is 1. The zero-order chi connectivity index (χ0) is 5.98. The SMILES string of the molecule is CCC1N=CC(C)S1. The number of hydrogen-bond donors (Lipinski definition) is 0. The topological polar surface area (TPSA) is 12.4 Å². The Morgan fingerprint density at radius 1 is 1.75 bits per heavy atom. The van der Waals surface area contributed by atoms with Crippen molar-refractivity contribution in [3.63, 3.8) is 0 Å². The van der Waals surface area contributed by atoms with Gasteiger partial charge in [0.25, 0.3) is 0 Å². The summed E-state index contributed by atoms with van der Waals surface area (Å²) in [6.45, 7) is 4.36. The van der Waals surface area contributed by atoms with Gasteiger partial charge < -0.3 is 0 Å². The molecule has 1 rings (SSSR count). The van der Waals surface area contributed by atoms with E-state index in [4.69, 9.17) is 0 Å². The molecule has 2 atom stereocenters. The molecule has 46 valence electrons. The second-order valence-corrected chi connectivity index (χ2v) is 3.56. The summed E-state index contributed by atoms with van der Waals surface area (Å²) in [5, 5.41) is 1.21. The molecule has 0 N–H and O–H groups in total. The summed E-state index contributed by atoms with van der Waals surface area (Å²) < 4.78 is 0. The van der Waals surface area contributed by atoms with E-state index in [9.17, 15) is 0 Å². The van der Waals surface area contributed by atoms with Gasteiger partial charge in [-0.3, -0.25) is 4.99 Å². The Bertz CT molecular complexity index is 101. The van der Waals surface area contributed by atoms with Crippen LogP contribution in [-0.2, 0) is 0 Å². The average Bonchev–Trinajstić information content (AvgIpc) is 2.14. The Hall–Kier alpha value is 0.0200. The van der Waals surface area contributed by atoms with Crippen LogP contribution in [0.3, 0.4) is 0 Å². The Morgan fingerprint density at radius 2 is 2.50 bits per heavy atom. The number of thioether (sulfide) groups is 1. The maximum absolute atomic E-state index is 4.27. The van der Waals surface area contributed by atoms with Crippen LogP contribution in [0.25, 0.3) is 0 Å². The molecule has 0 aliphatic carbocycles. The highest BCUT2D eigenvalue weighted by Gasteiger charge is 2.13. The smallest absolute Gasteiger partial charge is 0.0951 e. The van der Waals surface area contributed by atoms with Crippen molar-refractivity contribution in [1.29, 1.82) is 0 Å². The lowest BCUT2D eigenvalue weighted by atomic mass is 10.5. The molecule has 0 radical (unpaired) electrons. The molecule has 0 aromatic rings. The van der Waals surface area contributed by atoms with Gasteiger partial charge in [-0.25, -0.2) is 0 Å². The summed E-state index contributed by atoms with van der Waals surface area (Å²) >= 11 is 1.94. The summed E-state index contributed by atoms with van der Waals surface area (Å²) in [6, 6.07) is 0. The molecule has 0 bridgehead atoms. The van der Waals surface area contributed by atoms with E-state index in [1.54, 1.807) is 0 Å². The maximum Gasteiger partial charge on any atom is 0.0951 e. The Balaban J connectivity index is 2.34. The van der Waals surface area contributed by atoms with Crippen LogP contribution in [0.2, 0.25) is 0 Å². The average molecular weight is 129 g/mol. The first kappa shape index (κ1) is 6.14. The molecule has 0 saturated carbocycles. The van der Waals surface area contributed by atoms with E-state index >= 15 is 0 Å². The van der Waals surface area contributed by atoms with E-state index in [0.717, 1.165) is 0 Å². The minimum Gasteiger partial charge on any atom is -0.282 e. The lowest BCUT2D eigenvalue weighted by molar-refractivity contribution is 0.883. The van der Waals surface area contributed by atoms with Crippen LogP contribution in [-0.4, -0.2) is 16.8 Å². The van der Waals surface area contributed by atoms with Gasteiger partial charge in [-0.1, -0.05) is 6.92 Å². The second-order valence-electron chi connectivity index (χ2n) is 2.00. The Labute approximate surface area is 54.6 Å². The maximum atomic E-state index is 4.27. The van der Waals surface area contributed by atoms with E-state index in [2.05, 4.69) is 18.8 Å². The van der Waals surface area contributed by atoms with Gasteiger partial charge in [0, 0.05) is 11.5 Å². The van der Waals surface area contributed by atoms with E-state index in [1.807, 2.05) is 18.0 Å². The van der Waals surface area contributed by atoms with Gasteiger partial charge in [0.1, 0.15) is 0 Å². The predicted octanol–water partition coefficient (Wildman–Crippen LogP) is 1.93. The molecule has 0 aromatic carbocycles. The highest BCUT2D eigenvalue weighted by molar-refractivity contribution is 8.01. The molecule has 0 saturated heterocycles. The minimum atomic E-state index is 0.560. The molecule has 0 spiro atoms. The van der Waals surface area contributed by atoms with Crippen molar-refractivity contribution in [2.24, 2.45) is 4.99 Å². The van der Waals surface area contributed by atoms with Crippen molar-refractivity contribution in [3.05, 3.63) is 0 Å². The first-order valence-electron chi connectivity index (χ1n) is 3.01. The van der Waals surface area contributed by atoms with Crippen molar-refractivity contribution in [2.75, 3.05) is 0 Å². The van der Waals surface area contributed by atoms with Gasteiger partial charge in [-0.2, -0.15) is 0 Å². The molecular weight excluding hydrogens is 118 g/mol. The van der Waals surface area contributed by atoms with Crippen molar-refractivity contribution >= 4 is 18.0 Å². The molecule has 1 heterocycles. The summed E-state index contributed by atoms with van der Waals surface area (Å²) in [5.74, 6) is 0. The van der Waals surface area contributed by atoms with Crippen LogP contribution in [0.1, 0.15) is 20.3 Å². The van der Waals surface area contributed by atoms with Crippen LogP contribution in [0, 0.1) is 0 Å². The second kappa shape index (κ2) is 2.53. The number of nitrogens with zero attached hydrogens (tertiary/aromatic N) is 1. The van der Waals surface area contributed by atoms with Crippen molar-refractivity contribution in [1.82, 2.24) is 0 Å². The summed E-state index contributed by atoms with van der Waals surface area (Å²) in [6.07, 6.45) is 3.21. The molecule has 2 heteroatoms. The van der Waals surface area contributed by atoms with Gasteiger partial charge in [-0.05, 0) is 13.3 Å². The highest BCUT2D eigenvalue weighted by Crippen LogP contribution is 2.25. The highest BCUT2D eigenvalue weighted by atomic mass is 32.2. The third-order valence-corrected chi connectivity index (χ3v) is 2.50. The largest absolute Gasteiger partial charge is 0.282 e. The van der Waals surface area contributed by atoms with Gasteiger partial charge in [-0.15, -0.1) is 11.8 Å². The predicted molar refractivity (Wildman–Crippen MR) is 39.6 cm³/mol. The van der Waals surface area contributed by atoms with Crippen LogP contribution in [0.5, 0.6) is 0 Å². The third-order valence-electron chi connectivity index (χ3n) is 1.18. The monoisotopic (exact) mass is 129 g/mol. The summed E-state index contributed by atoms with van der Waals surface area (Å²) in [7, 11) is 0. The number of hydrogen-bond acceptors (Lipinski definition) is 2. The zero-order valence-electron chi connectivity index (χ0n) is 5.29. The van der Waals surface area contributed by atoms with Crippen molar-refractivity contribution < 1.29 is 0 Å². The molecule has 0 aromatic heterocycles. The molecule has 8 heavy (non-hydrogen) atoms. The molecule has 1 aliphatic rings. The van der Waals surface area contributed by atoms with Crippen LogP contribution in [0.4, 0.5) is 0 Å². The van der Waals surface area contributed by atoms with Crippen LogP contribution < -0.4 is 0 Å². The molecule has 2 unspecified atom stereocenters. The lowest BCUT2D eigenvalue weighted by Crippen LogP contribution is -1.93. The Morgan fingerprint density at radius 3 is 2.75 bits per heavy atom. The fourth-order valence-corrected chi connectivity index (χ4v) is 1.71. The minimum absolute atomic E-state index is 0.560. The van der Waals surface area contributed by atoms with E-state index in [1.165, 1.54) is 6.42 Å². The van der Waals surface area contributed by atoms with Crippen molar-refractivity contribution in [3.8, 4) is 0 Å². The standard InChI is InChI=1S/C6H11NS/c1-3-6-7-4-5(2)8-6/h4-6H,3H2,1-2H3. The van der Waals surface area contributed by atoms with Gasteiger partial charge >= 0.3 is 0 Å². The van der Waals surface area contributed by atoms with Gasteiger partial charge in [0.2, 0.25) is 0 Å². The molecule has 0 amide bonds. The van der Waals surface area contributed by atoms with Crippen LogP contribution >= 0.6 is 11.8 Å². The zero-order valence-corrected chi connectivity index (χ0v) is 6.11.